The molecule has 0 aromatic heterocycles. The van der Waals surface area contributed by atoms with Gasteiger partial charge in [0.25, 0.3) is 0 Å². The highest BCUT2D eigenvalue weighted by Gasteiger charge is 2.25. The lowest BCUT2D eigenvalue weighted by Gasteiger charge is -2.30. The van der Waals surface area contributed by atoms with Crippen molar-refractivity contribution in [1.29, 1.82) is 0 Å². The van der Waals surface area contributed by atoms with Crippen molar-refractivity contribution in [3.8, 4) is 33.4 Å². The second-order valence-electron chi connectivity index (χ2n) is 15.6. The summed E-state index contributed by atoms with van der Waals surface area (Å²) >= 11 is 0. The van der Waals surface area contributed by atoms with Crippen molar-refractivity contribution in [3.63, 3.8) is 0 Å². The lowest BCUT2D eigenvalue weighted by Crippen LogP contribution is -2.15. The Kier molecular flexibility index (Phi) is 6.90. The van der Waals surface area contributed by atoms with E-state index in [0.29, 0.717) is 0 Å². The predicted molar refractivity (Wildman–Crippen MR) is 208 cm³/mol. The van der Waals surface area contributed by atoms with Gasteiger partial charge >= 0.3 is 0 Å². The zero-order valence-corrected chi connectivity index (χ0v) is 29.1. The fourth-order valence-corrected chi connectivity index (χ4v) is 7.21. The summed E-state index contributed by atoms with van der Waals surface area (Å²) in [5, 5.41) is 5.10. The van der Waals surface area contributed by atoms with Crippen LogP contribution >= 0.6 is 0 Å². The Morgan fingerprint density at radius 1 is 0.396 bits per heavy atom. The van der Waals surface area contributed by atoms with Gasteiger partial charge in [0.1, 0.15) is 0 Å². The average molecular weight is 622 g/mol. The number of fused-ring (bicyclic) bond motifs is 6. The summed E-state index contributed by atoms with van der Waals surface area (Å²) < 4.78 is 0. The molecule has 0 fully saturated rings. The number of benzene rings is 7. The summed E-state index contributed by atoms with van der Waals surface area (Å²) in [6, 6.07) is 50.1. The van der Waals surface area contributed by atoms with Gasteiger partial charge in [-0.05, 0) is 150 Å². The van der Waals surface area contributed by atoms with Crippen LogP contribution < -0.4 is 4.90 Å². The van der Waals surface area contributed by atoms with Crippen molar-refractivity contribution in [1.82, 2.24) is 0 Å². The van der Waals surface area contributed by atoms with Crippen LogP contribution in [0.1, 0.15) is 58.2 Å². The Morgan fingerprint density at radius 3 is 1.52 bits per heavy atom. The van der Waals surface area contributed by atoms with E-state index in [1.165, 1.54) is 83.0 Å². The van der Waals surface area contributed by atoms with Crippen molar-refractivity contribution in [2.45, 2.75) is 59.3 Å². The predicted octanol–water partition coefficient (Wildman–Crippen LogP) is 13.7. The van der Waals surface area contributed by atoms with E-state index < -0.39 is 0 Å². The first-order valence-corrected chi connectivity index (χ1v) is 17.2. The fourth-order valence-electron chi connectivity index (χ4n) is 7.21. The van der Waals surface area contributed by atoms with Gasteiger partial charge < -0.3 is 4.90 Å². The number of para-hydroxylation sites is 1. The molecule has 0 aliphatic heterocycles. The minimum absolute atomic E-state index is 0.0628. The molecule has 0 unspecified atom stereocenters. The number of anilines is 3. The number of nitrogens with zero attached hydrogens (tertiary/aromatic N) is 1. The van der Waals surface area contributed by atoms with Crippen molar-refractivity contribution in [2.75, 3.05) is 4.90 Å². The zero-order valence-electron chi connectivity index (χ0n) is 29.1. The van der Waals surface area contributed by atoms with Crippen molar-refractivity contribution >= 4 is 38.6 Å². The molecule has 1 nitrogen and oxygen atoms in total. The topological polar surface area (TPSA) is 3.24 Å². The minimum atomic E-state index is 0.0628. The number of hydrogen-bond donors (Lipinski definition) is 0. The molecule has 0 bridgehead atoms. The standard InChI is InChI=1S/C47H43N/c1-30-13-19-38(47(5,6)7)29-45(30)48(39-11-9-8-10-12-39)40-22-18-34-26-42-43-27-35-23-32(31-16-20-37(21-17-31)46(2,3)4)14-15-33(35)25-41(43)44(42)28-36(34)24-40/h8-29H,1-7H3. The summed E-state index contributed by atoms with van der Waals surface area (Å²) in [7, 11) is 0. The molecule has 0 radical (unpaired) electrons. The fraction of sp³-hybridized carbons (Fsp3) is 0.191. The molecule has 0 amide bonds. The van der Waals surface area contributed by atoms with Crippen LogP contribution in [0.4, 0.5) is 17.1 Å². The van der Waals surface area contributed by atoms with Crippen molar-refractivity contribution in [2.24, 2.45) is 0 Å². The van der Waals surface area contributed by atoms with Crippen molar-refractivity contribution in [3.05, 3.63) is 150 Å². The molecule has 236 valence electrons. The normalized spacial score (nSPS) is 12.5. The Labute approximate surface area is 285 Å². The van der Waals surface area contributed by atoms with Crippen LogP contribution in [0, 0.1) is 6.92 Å². The first-order chi connectivity index (χ1) is 22.9. The van der Waals surface area contributed by atoms with E-state index in [9.17, 15) is 0 Å². The molecule has 1 aliphatic rings. The van der Waals surface area contributed by atoms with E-state index >= 15 is 0 Å². The molecule has 0 atom stereocenters. The highest BCUT2D eigenvalue weighted by molar-refractivity contribution is 6.12. The number of hydrogen-bond acceptors (Lipinski definition) is 1. The van der Waals surface area contributed by atoms with Crippen LogP contribution in [-0.4, -0.2) is 0 Å². The van der Waals surface area contributed by atoms with Gasteiger partial charge in [0, 0.05) is 17.1 Å². The summed E-state index contributed by atoms with van der Waals surface area (Å²) in [4.78, 5) is 2.42. The van der Waals surface area contributed by atoms with Gasteiger partial charge in [-0.2, -0.15) is 0 Å². The smallest absolute Gasteiger partial charge is 0.0493 e. The zero-order chi connectivity index (χ0) is 33.4. The summed E-state index contributed by atoms with van der Waals surface area (Å²) in [5.41, 5.74) is 15.6. The third-order valence-electron chi connectivity index (χ3n) is 10.2. The maximum atomic E-state index is 2.42. The lowest BCUT2D eigenvalue weighted by atomic mass is 9.77. The molecule has 0 spiro atoms. The van der Waals surface area contributed by atoms with E-state index in [4.69, 9.17) is 0 Å². The van der Waals surface area contributed by atoms with Gasteiger partial charge in [-0.15, -0.1) is 0 Å². The Morgan fingerprint density at radius 2 is 0.917 bits per heavy atom. The quantitative estimate of drug-likeness (QED) is 0.189. The molecule has 0 saturated heterocycles. The van der Waals surface area contributed by atoms with E-state index in [0.717, 1.165) is 5.69 Å². The highest BCUT2D eigenvalue weighted by Crippen LogP contribution is 2.51. The van der Waals surface area contributed by atoms with E-state index in [1.54, 1.807) is 0 Å². The van der Waals surface area contributed by atoms with Crippen LogP contribution in [0.2, 0.25) is 0 Å². The molecule has 48 heavy (non-hydrogen) atoms. The summed E-state index contributed by atoms with van der Waals surface area (Å²) in [5.74, 6) is 0. The van der Waals surface area contributed by atoms with E-state index in [-0.39, 0.29) is 10.8 Å². The van der Waals surface area contributed by atoms with Gasteiger partial charge in [-0.3, -0.25) is 0 Å². The van der Waals surface area contributed by atoms with Crippen LogP contribution in [-0.2, 0) is 10.8 Å². The molecule has 1 heteroatoms. The third-order valence-corrected chi connectivity index (χ3v) is 10.2. The van der Waals surface area contributed by atoms with Gasteiger partial charge in [-0.1, -0.05) is 114 Å². The summed E-state index contributed by atoms with van der Waals surface area (Å²) in [6.07, 6.45) is 0. The third kappa shape index (κ3) is 5.19. The van der Waals surface area contributed by atoms with Crippen LogP contribution in [0.15, 0.2) is 133 Å². The SMILES string of the molecule is Cc1ccc(C(C)(C)C)cc1N(c1ccccc1)c1ccc2cc3c(cc2c1)-c1cc2ccc(-c4ccc(C(C)(C)C)cc4)cc2cc1-3. The lowest BCUT2D eigenvalue weighted by molar-refractivity contribution is 0.590. The number of aryl methyl sites for hydroxylation is 1. The monoisotopic (exact) mass is 621 g/mol. The van der Waals surface area contributed by atoms with Gasteiger partial charge in [-0.25, -0.2) is 0 Å². The largest absolute Gasteiger partial charge is 0.310 e. The molecular formula is C47H43N. The van der Waals surface area contributed by atoms with Gasteiger partial charge in [0.15, 0.2) is 0 Å². The molecule has 7 aromatic carbocycles. The van der Waals surface area contributed by atoms with Gasteiger partial charge in [0.05, 0.1) is 0 Å². The number of rotatable bonds is 4. The Bertz CT molecular complexity index is 2350. The summed E-state index contributed by atoms with van der Waals surface area (Å²) in [6.45, 7) is 15.9. The first kappa shape index (κ1) is 30.2. The second kappa shape index (κ2) is 11.0. The van der Waals surface area contributed by atoms with Crippen LogP contribution in [0.25, 0.3) is 54.9 Å². The minimum Gasteiger partial charge on any atom is -0.310 e. The Hall–Kier alpha value is -5.14. The average Bonchev–Trinajstić information content (AvgIpc) is 3.07. The molecule has 1 aliphatic carbocycles. The van der Waals surface area contributed by atoms with Crippen molar-refractivity contribution < 1.29 is 0 Å². The molecule has 0 N–H and O–H groups in total. The molecule has 0 heterocycles. The molecular weight excluding hydrogens is 579 g/mol. The first-order valence-electron chi connectivity index (χ1n) is 17.2. The second-order valence-corrected chi connectivity index (χ2v) is 15.6. The Balaban J connectivity index is 1.18. The van der Waals surface area contributed by atoms with E-state index in [2.05, 4.69) is 187 Å². The maximum Gasteiger partial charge on any atom is 0.0493 e. The molecule has 8 rings (SSSR count). The maximum absolute atomic E-state index is 2.42. The van der Waals surface area contributed by atoms with Crippen LogP contribution in [0.5, 0.6) is 0 Å². The van der Waals surface area contributed by atoms with Crippen LogP contribution in [0.3, 0.4) is 0 Å². The van der Waals surface area contributed by atoms with Gasteiger partial charge in [0.2, 0.25) is 0 Å². The highest BCUT2D eigenvalue weighted by atomic mass is 15.1. The van der Waals surface area contributed by atoms with E-state index in [1.807, 2.05) is 0 Å². The molecule has 0 saturated carbocycles. The molecule has 7 aromatic rings.